The van der Waals surface area contributed by atoms with Crippen molar-refractivity contribution in [3.8, 4) is 22.7 Å². The van der Waals surface area contributed by atoms with Gasteiger partial charge >= 0.3 is 5.97 Å². The van der Waals surface area contributed by atoms with Crippen molar-refractivity contribution >= 4 is 58.3 Å². The van der Waals surface area contributed by atoms with Crippen molar-refractivity contribution in [2.24, 2.45) is 0 Å². The summed E-state index contributed by atoms with van der Waals surface area (Å²) in [6.07, 6.45) is 5.58. The quantitative estimate of drug-likeness (QED) is 0.106. The summed E-state index contributed by atoms with van der Waals surface area (Å²) in [6, 6.07) is 26.2. The fraction of sp³-hybridized carbons (Fsp3) is 0.341. The molecule has 5 aromatic rings. The van der Waals surface area contributed by atoms with E-state index in [1.54, 1.807) is 41.9 Å². The molecule has 1 aromatic heterocycles. The molecule has 10 nitrogen and oxygen atoms in total. The van der Waals surface area contributed by atoms with Gasteiger partial charge in [-0.3, -0.25) is 10.2 Å². The Balaban J connectivity index is 0.000000196. The lowest BCUT2D eigenvalue weighted by molar-refractivity contribution is -0.145. The molecule has 1 saturated heterocycles. The molecular formula is C44H47Cl4N5O5. The van der Waals surface area contributed by atoms with Gasteiger partial charge in [0.15, 0.2) is 12.3 Å². The number of hydrogen-bond donors (Lipinski definition) is 3. The standard InChI is InChI=1S/C22H21Cl3N4O.C22H26ClNO4/c1-14-20(22(30)27-28-11-3-2-4-12-28)26-29(19-10-9-17(24)13-18(19)25)21(14)15-5-7-16(23)8-6-15;1-2-27-22(26)14-28-20-9-7-15-6-8-19(11-17(15)12-20)24-13-21(25)16-4-3-5-18(23)10-16/h5-10,13H,2-4,11-12H2,1H3,(H,27,30);3-5,7,9-10,12,19,21,24-25H,2,6,8,11,13-14H2,1H3/t;19-,21-/m.0/s1. The van der Waals surface area contributed by atoms with Crippen molar-refractivity contribution in [1.82, 2.24) is 25.5 Å². The summed E-state index contributed by atoms with van der Waals surface area (Å²) in [7, 11) is 0. The van der Waals surface area contributed by atoms with Crippen LogP contribution in [0.25, 0.3) is 16.9 Å². The Hall–Kier alpha value is -4.13. The fourth-order valence-electron chi connectivity index (χ4n) is 7.14. The van der Waals surface area contributed by atoms with Gasteiger partial charge in [-0.1, -0.05) is 83.2 Å². The molecule has 2 aliphatic rings. The second kappa shape index (κ2) is 20.7. The summed E-state index contributed by atoms with van der Waals surface area (Å²) < 4.78 is 12.1. The number of hydrogen-bond acceptors (Lipinski definition) is 8. The molecule has 2 atom stereocenters. The van der Waals surface area contributed by atoms with E-state index in [9.17, 15) is 14.7 Å². The Morgan fingerprint density at radius 1 is 0.897 bits per heavy atom. The van der Waals surface area contributed by atoms with E-state index in [1.807, 2.05) is 60.5 Å². The van der Waals surface area contributed by atoms with Crippen LogP contribution < -0.4 is 15.5 Å². The topological polar surface area (TPSA) is 118 Å². The lowest BCUT2D eigenvalue weighted by atomic mass is 9.88. The predicted molar refractivity (Wildman–Crippen MR) is 230 cm³/mol. The van der Waals surface area contributed by atoms with E-state index in [4.69, 9.17) is 55.9 Å². The highest BCUT2D eigenvalue weighted by molar-refractivity contribution is 6.35. The maximum Gasteiger partial charge on any atom is 0.344 e. The van der Waals surface area contributed by atoms with Crippen molar-refractivity contribution in [2.45, 2.75) is 64.5 Å². The van der Waals surface area contributed by atoms with E-state index >= 15 is 0 Å². The lowest BCUT2D eigenvalue weighted by Crippen LogP contribution is -2.45. The van der Waals surface area contributed by atoms with Gasteiger partial charge in [0.1, 0.15) is 5.75 Å². The molecule has 1 aliphatic carbocycles. The minimum Gasteiger partial charge on any atom is -0.482 e. The minimum atomic E-state index is -0.598. The number of aliphatic hydroxyl groups is 1. The monoisotopic (exact) mass is 865 g/mol. The second-order valence-corrected chi connectivity index (χ2v) is 16.0. The molecule has 0 spiro atoms. The van der Waals surface area contributed by atoms with Crippen molar-refractivity contribution in [3.63, 3.8) is 0 Å². The number of ether oxygens (including phenoxy) is 2. The summed E-state index contributed by atoms with van der Waals surface area (Å²) in [5, 5.41) is 22.7. The van der Waals surface area contributed by atoms with Crippen LogP contribution in [-0.2, 0) is 22.4 Å². The number of piperidine rings is 1. The number of nitrogens with one attached hydrogen (secondary N) is 2. The zero-order chi connectivity index (χ0) is 41.2. The molecular weight excluding hydrogens is 820 g/mol. The van der Waals surface area contributed by atoms with E-state index in [-0.39, 0.29) is 24.5 Å². The number of benzene rings is 4. The zero-order valence-electron chi connectivity index (χ0n) is 32.4. The van der Waals surface area contributed by atoms with Gasteiger partial charge in [-0.2, -0.15) is 5.10 Å². The smallest absolute Gasteiger partial charge is 0.344 e. The maximum atomic E-state index is 13.1. The molecule has 0 unspecified atom stereocenters. The Labute approximate surface area is 359 Å². The third-order valence-electron chi connectivity index (χ3n) is 10.1. The van der Waals surface area contributed by atoms with Crippen molar-refractivity contribution in [3.05, 3.63) is 133 Å². The highest BCUT2D eigenvalue weighted by Crippen LogP contribution is 2.33. The van der Waals surface area contributed by atoms with Crippen LogP contribution in [0.3, 0.4) is 0 Å². The first-order valence-corrected chi connectivity index (χ1v) is 20.9. The highest BCUT2D eigenvalue weighted by Gasteiger charge is 2.25. The van der Waals surface area contributed by atoms with E-state index in [0.717, 1.165) is 67.6 Å². The molecule has 0 saturated carbocycles. The van der Waals surface area contributed by atoms with Gasteiger partial charge in [-0.25, -0.2) is 14.5 Å². The van der Waals surface area contributed by atoms with Crippen molar-refractivity contribution < 1.29 is 24.2 Å². The number of esters is 1. The van der Waals surface area contributed by atoms with Gasteiger partial charge < -0.3 is 19.9 Å². The number of hydrazine groups is 1. The molecule has 58 heavy (non-hydrogen) atoms. The third-order valence-corrected chi connectivity index (χ3v) is 11.1. The number of carbonyl (C=O) groups is 2. The summed E-state index contributed by atoms with van der Waals surface area (Å²) >= 11 is 24.6. The molecule has 1 aliphatic heterocycles. The molecule has 4 aromatic carbocycles. The number of aryl methyl sites for hydroxylation is 1. The average molecular weight is 868 g/mol. The number of amides is 1. The maximum absolute atomic E-state index is 13.1. The van der Waals surface area contributed by atoms with Crippen LogP contribution in [0.5, 0.6) is 5.75 Å². The van der Waals surface area contributed by atoms with Gasteiger partial charge in [0, 0.05) is 51.9 Å². The number of aliphatic hydroxyl groups excluding tert-OH is 1. The molecule has 1 amide bonds. The SMILES string of the molecule is CCOC(=O)COc1ccc2c(c1)C[C@@H](NC[C@H](O)c1cccc(Cl)c1)CC2.Cc1c(C(=O)NN2CCCCC2)nn(-c2ccc(Cl)cc2Cl)c1-c1ccc(Cl)cc1. The van der Waals surface area contributed by atoms with Crippen LogP contribution in [0, 0.1) is 6.92 Å². The normalized spacial score (nSPS) is 15.7. The van der Waals surface area contributed by atoms with Crippen LogP contribution in [0.15, 0.2) is 84.9 Å². The predicted octanol–water partition coefficient (Wildman–Crippen LogP) is 9.40. The number of fused-ring (bicyclic) bond motifs is 1. The first-order chi connectivity index (χ1) is 28.0. The average Bonchev–Trinajstić information content (AvgIpc) is 3.56. The first kappa shape index (κ1) is 43.4. The molecule has 3 N–H and O–H groups in total. The minimum absolute atomic E-state index is 0.0832. The number of aromatic nitrogens is 2. The van der Waals surface area contributed by atoms with Gasteiger partial charge in [0.25, 0.3) is 5.91 Å². The largest absolute Gasteiger partial charge is 0.482 e. The van der Waals surface area contributed by atoms with Gasteiger partial charge in [0.05, 0.1) is 29.1 Å². The van der Waals surface area contributed by atoms with Crippen molar-refractivity contribution in [1.29, 1.82) is 0 Å². The first-order valence-electron chi connectivity index (χ1n) is 19.4. The van der Waals surface area contributed by atoms with Crippen LogP contribution in [-0.4, -0.2) is 70.7 Å². The number of rotatable bonds is 12. The van der Waals surface area contributed by atoms with Gasteiger partial charge in [-0.05, 0) is 117 Å². The number of nitrogens with zero attached hydrogens (tertiary/aromatic N) is 3. The Bertz CT molecular complexity index is 2190. The van der Waals surface area contributed by atoms with E-state index in [2.05, 4.69) is 21.9 Å². The van der Waals surface area contributed by atoms with Crippen LogP contribution in [0.1, 0.15) is 71.5 Å². The second-order valence-electron chi connectivity index (χ2n) is 14.3. The summed E-state index contributed by atoms with van der Waals surface area (Å²) in [6.45, 7) is 6.09. The van der Waals surface area contributed by atoms with Crippen LogP contribution >= 0.6 is 46.4 Å². The lowest BCUT2D eigenvalue weighted by Gasteiger charge is -2.27. The van der Waals surface area contributed by atoms with E-state index in [1.165, 1.54) is 17.5 Å². The van der Waals surface area contributed by atoms with Gasteiger partial charge in [0.2, 0.25) is 0 Å². The Morgan fingerprint density at radius 2 is 1.64 bits per heavy atom. The molecule has 2 heterocycles. The number of halogens is 4. The van der Waals surface area contributed by atoms with E-state index < -0.39 is 6.10 Å². The molecule has 7 rings (SSSR count). The molecule has 14 heteroatoms. The third kappa shape index (κ3) is 11.5. The molecule has 306 valence electrons. The Kier molecular flexibility index (Phi) is 15.5. The Morgan fingerprint density at radius 3 is 2.36 bits per heavy atom. The summed E-state index contributed by atoms with van der Waals surface area (Å²) in [5.74, 6) is 0.0784. The zero-order valence-corrected chi connectivity index (χ0v) is 35.5. The summed E-state index contributed by atoms with van der Waals surface area (Å²) in [4.78, 5) is 24.5. The van der Waals surface area contributed by atoms with Crippen LogP contribution in [0.4, 0.5) is 0 Å². The van der Waals surface area contributed by atoms with Crippen LogP contribution in [0.2, 0.25) is 20.1 Å². The van der Waals surface area contributed by atoms with Crippen molar-refractivity contribution in [2.75, 3.05) is 32.8 Å². The highest BCUT2D eigenvalue weighted by atomic mass is 35.5. The summed E-state index contributed by atoms with van der Waals surface area (Å²) in [5.41, 5.74) is 9.74. The van der Waals surface area contributed by atoms with Gasteiger partial charge in [-0.15, -0.1) is 0 Å². The fourth-order valence-corrected chi connectivity index (χ4v) is 7.95. The number of carbonyl (C=O) groups excluding carboxylic acids is 2. The van der Waals surface area contributed by atoms with E-state index in [0.29, 0.717) is 50.4 Å². The molecule has 0 bridgehead atoms. The molecule has 0 radical (unpaired) electrons. The molecule has 1 fully saturated rings.